The Morgan fingerprint density at radius 1 is 1.30 bits per heavy atom. The molecular formula is C9H19N. The first-order valence-corrected chi connectivity index (χ1v) is 4.52. The van der Waals surface area contributed by atoms with Crippen molar-refractivity contribution in [3.8, 4) is 0 Å². The van der Waals surface area contributed by atoms with Gasteiger partial charge in [0.2, 0.25) is 0 Å². The smallest absolute Gasteiger partial charge is 0.0133 e. The predicted octanol–water partition coefficient (Wildman–Crippen LogP) is 2.17. The van der Waals surface area contributed by atoms with E-state index in [2.05, 4.69) is 26.1 Å². The summed E-state index contributed by atoms with van der Waals surface area (Å²) in [6.07, 6.45) is 3.98. The average Bonchev–Trinajstić information content (AvgIpc) is 1.90. The van der Waals surface area contributed by atoms with Gasteiger partial charge in [0.05, 0.1) is 0 Å². The van der Waals surface area contributed by atoms with Crippen molar-refractivity contribution in [2.24, 2.45) is 5.41 Å². The summed E-state index contributed by atoms with van der Waals surface area (Å²) in [5, 5.41) is 3.49. The summed E-state index contributed by atoms with van der Waals surface area (Å²) in [6, 6.07) is 0.808. The molecule has 0 spiro atoms. The molecule has 1 aliphatic heterocycles. The van der Waals surface area contributed by atoms with Crippen molar-refractivity contribution < 1.29 is 0 Å². The molecule has 1 unspecified atom stereocenters. The molecule has 1 atom stereocenters. The Kier molecular flexibility index (Phi) is 2.35. The van der Waals surface area contributed by atoms with Gasteiger partial charge in [-0.2, -0.15) is 0 Å². The summed E-state index contributed by atoms with van der Waals surface area (Å²) in [6.45, 7) is 8.15. The third-order valence-corrected chi connectivity index (χ3v) is 3.26. The van der Waals surface area contributed by atoms with E-state index in [1.54, 1.807) is 0 Å². The van der Waals surface area contributed by atoms with Gasteiger partial charge >= 0.3 is 0 Å². The van der Waals surface area contributed by atoms with Crippen LogP contribution < -0.4 is 5.32 Å². The van der Waals surface area contributed by atoms with Gasteiger partial charge in [-0.3, -0.25) is 0 Å². The highest BCUT2D eigenvalue weighted by atomic mass is 15.0. The van der Waals surface area contributed by atoms with Crippen LogP contribution in [-0.4, -0.2) is 12.6 Å². The number of hydrogen-bond acceptors (Lipinski definition) is 1. The minimum atomic E-state index is 0.661. The molecule has 0 bridgehead atoms. The predicted molar refractivity (Wildman–Crippen MR) is 45.1 cm³/mol. The van der Waals surface area contributed by atoms with E-state index in [1.807, 2.05) is 0 Å². The Hall–Kier alpha value is -0.0400. The van der Waals surface area contributed by atoms with Gasteiger partial charge in [-0.05, 0) is 24.7 Å². The summed E-state index contributed by atoms with van der Waals surface area (Å²) >= 11 is 0. The Bertz CT molecular complexity index is 97.8. The van der Waals surface area contributed by atoms with Gasteiger partial charge in [-0.15, -0.1) is 0 Å². The first-order valence-electron chi connectivity index (χ1n) is 4.52. The number of nitrogens with one attached hydrogen (secondary N) is 1. The summed E-state index contributed by atoms with van der Waals surface area (Å²) in [7, 11) is 0. The molecule has 60 valence electrons. The van der Waals surface area contributed by atoms with E-state index in [4.69, 9.17) is 0 Å². The standard InChI is InChI=1S/C9H19N/c1-4-8-9(5-2,6-3)7-10-8/h8,10H,4-7H2,1-3H3. The molecule has 0 saturated carbocycles. The van der Waals surface area contributed by atoms with Crippen molar-refractivity contribution in [1.29, 1.82) is 0 Å². The molecule has 1 saturated heterocycles. The summed E-state index contributed by atoms with van der Waals surface area (Å²) in [5.74, 6) is 0. The Balaban J connectivity index is 2.48. The lowest BCUT2D eigenvalue weighted by Crippen LogP contribution is -2.61. The molecule has 0 aliphatic carbocycles. The second-order valence-electron chi connectivity index (χ2n) is 3.41. The van der Waals surface area contributed by atoms with Gasteiger partial charge in [-0.25, -0.2) is 0 Å². The molecule has 0 radical (unpaired) electrons. The highest BCUT2D eigenvalue weighted by Crippen LogP contribution is 2.37. The summed E-state index contributed by atoms with van der Waals surface area (Å²) in [5.41, 5.74) is 0.661. The van der Waals surface area contributed by atoms with Crippen molar-refractivity contribution in [2.75, 3.05) is 6.54 Å². The van der Waals surface area contributed by atoms with Crippen LogP contribution in [0.4, 0.5) is 0 Å². The molecule has 1 nitrogen and oxygen atoms in total. The topological polar surface area (TPSA) is 12.0 Å². The average molecular weight is 141 g/mol. The van der Waals surface area contributed by atoms with Crippen LogP contribution in [0.2, 0.25) is 0 Å². The van der Waals surface area contributed by atoms with Crippen LogP contribution in [0.5, 0.6) is 0 Å². The van der Waals surface area contributed by atoms with E-state index in [0.717, 1.165) is 6.04 Å². The van der Waals surface area contributed by atoms with Gasteiger partial charge in [-0.1, -0.05) is 20.8 Å². The Morgan fingerprint density at radius 2 is 1.90 bits per heavy atom. The van der Waals surface area contributed by atoms with Crippen LogP contribution in [0.3, 0.4) is 0 Å². The summed E-state index contributed by atoms with van der Waals surface area (Å²) < 4.78 is 0. The third kappa shape index (κ3) is 0.968. The molecule has 0 amide bonds. The van der Waals surface area contributed by atoms with Crippen molar-refractivity contribution in [2.45, 2.75) is 46.1 Å². The van der Waals surface area contributed by atoms with Crippen molar-refractivity contribution >= 4 is 0 Å². The fraction of sp³-hybridized carbons (Fsp3) is 1.00. The van der Waals surface area contributed by atoms with Crippen molar-refractivity contribution in [3.63, 3.8) is 0 Å². The van der Waals surface area contributed by atoms with E-state index in [9.17, 15) is 0 Å². The SMILES string of the molecule is CCC1NCC1(CC)CC. The zero-order valence-corrected chi connectivity index (χ0v) is 7.41. The van der Waals surface area contributed by atoms with Crippen LogP contribution in [-0.2, 0) is 0 Å². The van der Waals surface area contributed by atoms with Crippen LogP contribution in [0.15, 0.2) is 0 Å². The highest BCUT2D eigenvalue weighted by molar-refractivity contribution is 4.99. The molecule has 1 N–H and O–H groups in total. The normalized spacial score (nSPS) is 29.7. The first-order chi connectivity index (χ1) is 4.79. The minimum Gasteiger partial charge on any atom is -0.313 e. The lowest BCUT2D eigenvalue weighted by atomic mass is 9.68. The minimum absolute atomic E-state index is 0.661. The van der Waals surface area contributed by atoms with Crippen LogP contribution in [0.1, 0.15) is 40.0 Å². The molecule has 1 rings (SSSR count). The zero-order valence-electron chi connectivity index (χ0n) is 7.41. The fourth-order valence-electron chi connectivity index (χ4n) is 2.11. The van der Waals surface area contributed by atoms with Gasteiger partial charge in [0.15, 0.2) is 0 Å². The van der Waals surface area contributed by atoms with Gasteiger partial charge in [0, 0.05) is 12.6 Å². The first kappa shape index (κ1) is 8.06. The molecule has 1 heteroatoms. The van der Waals surface area contributed by atoms with Gasteiger partial charge in [0.1, 0.15) is 0 Å². The van der Waals surface area contributed by atoms with Crippen molar-refractivity contribution in [1.82, 2.24) is 5.32 Å². The van der Waals surface area contributed by atoms with Gasteiger partial charge in [0.25, 0.3) is 0 Å². The van der Waals surface area contributed by atoms with Crippen LogP contribution in [0.25, 0.3) is 0 Å². The highest BCUT2D eigenvalue weighted by Gasteiger charge is 2.41. The fourth-order valence-corrected chi connectivity index (χ4v) is 2.11. The molecule has 1 aliphatic rings. The molecule has 0 aromatic rings. The largest absolute Gasteiger partial charge is 0.313 e. The van der Waals surface area contributed by atoms with Gasteiger partial charge < -0.3 is 5.32 Å². The monoisotopic (exact) mass is 141 g/mol. The maximum atomic E-state index is 3.49. The van der Waals surface area contributed by atoms with E-state index < -0.39 is 0 Å². The van der Waals surface area contributed by atoms with E-state index >= 15 is 0 Å². The summed E-state index contributed by atoms with van der Waals surface area (Å²) in [4.78, 5) is 0. The number of hydrogen-bond donors (Lipinski definition) is 1. The zero-order chi connectivity index (χ0) is 7.61. The third-order valence-electron chi connectivity index (χ3n) is 3.26. The number of rotatable bonds is 3. The molecule has 0 aromatic heterocycles. The van der Waals surface area contributed by atoms with E-state index in [1.165, 1.54) is 25.8 Å². The molecule has 0 aromatic carbocycles. The second kappa shape index (κ2) is 2.91. The van der Waals surface area contributed by atoms with E-state index in [-0.39, 0.29) is 0 Å². The lowest BCUT2D eigenvalue weighted by molar-refractivity contribution is 0.0685. The Labute approximate surface area is 64.2 Å². The van der Waals surface area contributed by atoms with Crippen LogP contribution in [0, 0.1) is 5.41 Å². The maximum absolute atomic E-state index is 3.49. The molecular weight excluding hydrogens is 122 g/mol. The maximum Gasteiger partial charge on any atom is 0.0133 e. The van der Waals surface area contributed by atoms with Crippen LogP contribution >= 0.6 is 0 Å². The molecule has 1 heterocycles. The van der Waals surface area contributed by atoms with E-state index in [0.29, 0.717) is 5.41 Å². The quantitative estimate of drug-likeness (QED) is 0.635. The second-order valence-corrected chi connectivity index (χ2v) is 3.41. The Morgan fingerprint density at radius 3 is 2.00 bits per heavy atom. The lowest BCUT2D eigenvalue weighted by Gasteiger charge is -2.50. The molecule has 1 fully saturated rings. The van der Waals surface area contributed by atoms with Crippen molar-refractivity contribution in [3.05, 3.63) is 0 Å². The molecule has 10 heavy (non-hydrogen) atoms.